The van der Waals surface area contributed by atoms with E-state index < -0.39 is 35.1 Å². The molecular weight excluding hydrogens is 499 g/mol. The number of nitrogens with one attached hydrogen (secondary N) is 2. The quantitative estimate of drug-likeness (QED) is 0.398. The van der Waals surface area contributed by atoms with E-state index in [0.717, 1.165) is 0 Å². The van der Waals surface area contributed by atoms with Crippen molar-refractivity contribution in [1.29, 1.82) is 0 Å². The van der Waals surface area contributed by atoms with Crippen LogP contribution in [-0.2, 0) is 20.9 Å². The predicted molar refractivity (Wildman–Crippen MR) is 138 cm³/mol. The first kappa shape index (κ1) is 27.9. The molecule has 3 amide bonds. The number of benzene rings is 2. The lowest BCUT2D eigenvalue weighted by molar-refractivity contribution is -0.142. The number of hydrogen-bond acceptors (Lipinski definition) is 5. The summed E-state index contributed by atoms with van der Waals surface area (Å²) >= 11 is 6.48. The molecule has 1 unspecified atom stereocenters. The Hall–Kier alpha value is -3.72. The molecule has 37 heavy (non-hydrogen) atoms. The van der Waals surface area contributed by atoms with Gasteiger partial charge in [-0.05, 0) is 51.5 Å². The molecule has 2 N–H and O–H groups in total. The van der Waals surface area contributed by atoms with Crippen molar-refractivity contribution in [2.45, 2.75) is 58.7 Å². The highest BCUT2D eigenvalue weighted by molar-refractivity contribution is 6.31. The third kappa shape index (κ3) is 8.15. The molecule has 1 heterocycles. The van der Waals surface area contributed by atoms with E-state index in [1.807, 2.05) is 20.8 Å². The van der Waals surface area contributed by atoms with Crippen LogP contribution in [0.25, 0.3) is 0 Å². The van der Waals surface area contributed by atoms with Gasteiger partial charge >= 0.3 is 0 Å². The van der Waals surface area contributed by atoms with Crippen LogP contribution in [0.4, 0.5) is 10.2 Å². The van der Waals surface area contributed by atoms with Gasteiger partial charge in [-0.25, -0.2) is 4.39 Å². The van der Waals surface area contributed by atoms with E-state index in [0.29, 0.717) is 21.9 Å². The van der Waals surface area contributed by atoms with Crippen molar-refractivity contribution in [2.24, 2.45) is 0 Å². The zero-order valence-electron chi connectivity index (χ0n) is 21.2. The van der Waals surface area contributed by atoms with Crippen LogP contribution in [0.15, 0.2) is 59.1 Å². The lowest BCUT2D eigenvalue weighted by atomic mass is 10.00. The Morgan fingerprint density at radius 3 is 2.35 bits per heavy atom. The average Bonchev–Trinajstić information content (AvgIpc) is 3.22. The van der Waals surface area contributed by atoms with Crippen molar-refractivity contribution in [2.75, 3.05) is 5.32 Å². The summed E-state index contributed by atoms with van der Waals surface area (Å²) in [5.41, 5.74) is 0.457. The molecule has 196 valence electrons. The molecule has 10 heteroatoms. The lowest BCUT2D eigenvalue weighted by Gasteiger charge is -2.34. The molecule has 1 atom stereocenters. The Balaban J connectivity index is 1.92. The number of aryl methyl sites for hydroxylation is 1. The van der Waals surface area contributed by atoms with Gasteiger partial charge in [0.05, 0.1) is 0 Å². The molecule has 3 aromatic rings. The largest absolute Gasteiger partial charge is 0.360 e. The zero-order valence-corrected chi connectivity index (χ0v) is 21.9. The van der Waals surface area contributed by atoms with Gasteiger partial charge in [0.25, 0.3) is 0 Å². The fourth-order valence-corrected chi connectivity index (χ4v) is 3.93. The number of aromatic nitrogens is 1. The van der Waals surface area contributed by atoms with Crippen molar-refractivity contribution < 1.29 is 23.3 Å². The Kier molecular flexibility index (Phi) is 9.04. The minimum Gasteiger partial charge on any atom is -0.360 e. The van der Waals surface area contributed by atoms with Crippen molar-refractivity contribution in [3.8, 4) is 0 Å². The third-order valence-electron chi connectivity index (χ3n) is 5.31. The summed E-state index contributed by atoms with van der Waals surface area (Å²) in [6.45, 7) is 7.18. The van der Waals surface area contributed by atoms with E-state index in [1.165, 1.54) is 17.0 Å². The number of amides is 3. The fourth-order valence-electron chi connectivity index (χ4n) is 3.69. The second kappa shape index (κ2) is 12.0. The van der Waals surface area contributed by atoms with E-state index in [-0.39, 0.29) is 25.2 Å². The van der Waals surface area contributed by atoms with Gasteiger partial charge in [0.2, 0.25) is 17.7 Å². The maximum atomic E-state index is 13.6. The fraction of sp³-hybridized carbons (Fsp3) is 0.333. The van der Waals surface area contributed by atoms with E-state index in [1.54, 1.807) is 49.4 Å². The molecular formula is C27H30ClFN4O4. The molecule has 0 saturated heterocycles. The van der Waals surface area contributed by atoms with Crippen molar-refractivity contribution >= 4 is 35.1 Å². The Morgan fingerprint density at radius 2 is 1.76 bits per heavy atom. The molecule has 0 radical (unpaired) electrons. The third-order valence-corrected chi connectivity index (χ3v) is 5.65. The monoisotopic (exact) mass is 528 g/mol. The highest BCUT2D eigenvalue weighted by Gasteiger charge is 2.34. The van der Waals surface area contributed by atoms with Gasteiger partial charge in [-0.2, -0.15) is 0 Å². The second-order valence-corrected chi connectivity index (χ2v) is 10.1. The molecule has 0 aliphatic heterocycles. The van der Waals surface area contributed by atoms with Crippen LogP contribution in [-0.4, -0.2) is 33.3 Å². The van der Waals surface area contributed by atoms with Gasteiger partial charge in [-0.15, -0.1) is 0 Å². The van der Waals surface area contributed by atoms with Crippen molar-refractivity contribution in [1.82, 2.24) is 15.4 Å². The van der Waals surface area contributed by atoms with Gasteiger partial charge in [-0.1, -0.05) is 47.1 Å². The van der Waals surface area contributed by atoms with Crippen molar-refractivity contribution in [3.05, 3.63) is 82.3 Å². The summed E-state index contributed by atoms with van der Waals surface area (Å²) in [7, 11) is 0. The summed E-state index contributed by atoms with van der Waals surface area (Å²) in [5.74, 6) is -0.962. The first-order valence-electron chi connectivity index (χ1n) is 11.8. The summed E-state index contributed by atoms with van der Waals surface area (Å²) in [6.07, 6.45) is -0.339. The second-order valence-electron chi connectivity index (χ2n) is 9.68. The van der Waals surface area contributed by atoms with E-state index >= 15 is 0 Å². The van der Waals surface area contributed by atoms with Gasteiger partial charge in [0.15, 0.2) is 5.82 Å². The summed E-state index contributed by atoms with van der Waals surface area (Å²) in [4.78, 5) is 41.0. The molecule has 0 fully saturated rings. The molecule has 0 aliphatic rings. The number of carbonyl (C=O) groups excluding carboxylic acids is 3. The molecule has 0 spiro atoms. The number of halogens is 2. The van der Waals surface area contributed by atoms with Gasteiger partial charge in [-0.3, -0.25) is 14.4 Å². The number of hydrogen-bond donors (Lipinski definition) is 2. The average molecular weight is 529 g/mol. The summed E-state index contributed by atoms with van der Waals surface area (Å²) in [5, 5.41) is 9.53. The van der Waals surface area contributed by atoms with Gasteiger partial charge < -0.3 is 20.1 Å². The topological polar surface area (TPSA) is 105 Å². The maximum Gasteiger partial charge on any atom is 0.247 e. The predicted octanol–water partition coefficient (Wildman–Crippen LogP) is 5.18. The Labute approximate surface area is 220 Å². The van der Waals surface area contributed by atoms with Crippen LogP contribution in [0.3, 0.4) is 0 Å². The normalized spacial score (nSPS) is 12.1. The SMILES string of the molecule is Cc1cc(NC(=O)CCC(=O)N(Cc2ccc(F)cc2)C(C(=O)NC(C)(C)C)c2ccccc2Cl)no1. The maximum absolute atomic E-state index is 13.6. The van der Waals surface area contributed by atoms with Crippen LogP contribution in [0, 0.1) is 12.7 Å². The van der Waals surface area contributed by atoms with Crippen LogP contribution >= 0.6 is 11.6 Å². The van der Waals surface area contributed by atoms with Crippen LogP contribution in [0.1, 0.15) is 56.5 Å². The minimum atomic E-state index is -1.09. The highest BCUT2D eigenvalue weighted by Crippen LogP contribution is 2.31. The summed E-state index contributed by atoms with van der Waals surface area (Å²) in [6, 6.07) is 12.9. The minimum absolute atomic E-state index is 0.00331. The first-order valence-corrected chi connectivity index (χ1v) is 12.1. The van der Waals surface area contributed by atoms with Gasteiger partial charge in [0.1, 0.15) is 17.6 Å². The van der Waals surface area contributed by atoms with E-state index in [2.05, 4.69) is 15.8 Å². The number of nitrogens with zero attached hydrogens (tertiary/aromatic N) is 2. The Morgan fingerprint density at radius 1 is 1.08 bits per heavy atom. The molecule has 1 aromatic heterocycles. The van der Waals surface area contributed by atoms with Crippen molar-refractivity contribution in [3.63, 3.8) is 0 Å². The molecule has 8 nitrogen and oxygen atoms in total. The number of anilines is 1. The number of carbonyl (C=O) groups is 3. The summed E-state index contributed by atoms with van der Waals surface area (Å²) < 4.78 is 18.5. The molecule has 0 bridgehead atoms. The van der Waals surface area contributed by atoms with Crippen LogP contribution in [0.5, 0.6) is 0 Å². The highest BCUT2D eigenvalue weighted by atomic mass is 35.5. The molecule has 0 aliphatic carbocycles. The van der Waals surface area contributed by atoms with E-state index in [9.17, 15) is 18.8 Å². The molecule has 3 rings (SSSR count). The lowest BCUT2D eigenvalue weighted by Crippen LogP contribution is -2.49. The van der Waals surface area contributed by atoms with Gasteiger partial charge in [0, 0.05) is 41.6 Å². The molecule has 0 saturated carbocycles. The van der Waals surface area contributed by atoms with Crippen LogP contribution in [0.2, 0.25) is 5.02 Å². The smallest absolute Gasteiger partial charge is 0.247 e. The van der Waals surface area contributed by atoms with Crippen LogP contribution < -0.4 is 10.6 Å². The first-order chi connectivity index (χ1) is 17.4. The Bertz CT molecular complexity index is 1250. The van der Waals surface area contributed by atoms with E-state index in [4.69, 9.17) is 16.1 Å². The standard InChI is InChI=1S/C27H30ClFN4O4/c1-17-15-22(32-37-17)30-23(34)13-14-24(35)33(16-18-9-11-19(29)12-10-18)25(26(36)31-27(2,3)4)20-7-5-6-8-21(20)28/h5-12,15,25H,13-14,16H2,1-4H3,(H,31,36)(H,30,32,34). The number of rotatable bonds is 9. The zero-order chi connectivity index (χ0) is 27.2. The molecule has 2 aromatic carbocycles.